The van der Waals surface area contributed by atoms with Crippen molar-refractivity contribution in [2.75, 3.05) is 5.32 Å². The van der Waals surface area contributed by atoms with Gasteiger partial charge in [-0.25, -0.2) is 14.4 Å². The van der Waals surface area contributed by atoms with Gasteiger partial charge in [0, 0.05) is 6.04 Å². The van der Waals surface area contributed by atoms with Gasteiger partial charge in [0.25, 0.3) is 5.91 Å². The number of hydrogen-bond acceptors (Lipinski definition) is 5. The van der Waals surface area contributed by atoms with Gasteiger partial charge in [-0.2, -0.15) is 0 Å². The molecule has 2 aromatic heterocycles. The first-order valence-corrected chi connectivity index (χ1v) is 9.38. The van der Waals surface area contributed by atoms with Crippen LogP contribution in [0.2, 0.25) is 0 Å². The highest BCUT2D eigenvalue weighted by atomic mass is 19.1. The fraction of sp³-hybridized carbons (Fsp3) is 0.350. The quantitative estimate of drug-likeness (QED) is 0.557. The molecule has 1 amide bonds. The summed E-state index contributed by atoms with van der Waals surface area (Å²) in [4.78, 5) is 24.6. The molecule has 1 aliphatic carbocycles. The summed E-state index contributed by atoms with van der Waals surface area (Å²) in [5.41, 5.74) is 3.47. The van der Waals surface area contributed by atoms with E-state index in [1.807, 2.05) is 6.92 Å². The summed E-state index contributed by atoms with van der Waals surface area (Å²) in [6.45, 7) is 3.48. The Morgan fingerprint density at radius 3 is 2.82 bits per heavy atom. The first kappa shape index (κ1) is 17.1. The zero-order chi connectivity index (χ0) is 19.6. The van der Waals surface area contributed by atoms with Crippen LogP contribution in [-0.4, -0.2) is 38.1 Å². The summed E-state index contributed by atoms with van der Waals surface area (Å²) < 4.78 is 14.9. The molecule has 2 aliphatic rings. The van der Waals surface area contributed by atoms with Crippen LogP contribution in [0.3, 0.4) is 0 Å². The van der Waals surface area contributed by atoms with E-state index >= 15 is 0 Å². The molecule has 7 nitrogen and oxygen atoms in total. The Balaban J connectivity index is 1.68. The molecule has 0 saturated heterocycles. The van der Waals surface area contributed by atoms with Crippen molar-refractivity contribution in [3.05, 3.63) is 41.0 Å². The summed E-state index contributed by atoms with van der Waals surface area (Å²) in [6, 6.07) is 4.43. The predicted octanol–water partition coefficient (Wildman–Crippen LogP) is 2.81. The van der Waals surface area contributed by atoms with Gasteiger partial charge >= 0.3 is 0 Å². The number of hydrogen-bond donors (Lipinski definition) is 4. The summed E-state index contributed by atoms with van der Waals surface area (Å²) >= 11 is 0. The molecule has 5 rings (SSSR count). The molecule has 8 heteroatoms. The third-order valence-electron chi connectivity index (χ3n) is 5.32. The largest absolute Gasteiger partial charge is 0.391 e. The number of aliphatic hydroxyl groups excluding tert-OH is 1. The molecule has 1 aliphatic heterocycles. The predicted molar refractivity (Wildman–Crippen MR) is 103 cm³/mol. The molecule has 144 valence electrons. The van der Waals surface area contributed by atoms with Gasteiger partial charge in [-0.05, 0) is 44.9 Å². The number of nitrogens with one attached hydrogen (secondary N) is 3. The van der Waals surface area contributed by atoms with Crippen molar-refractivity contribution in [1.82, 2.24) is 20.3 Å². The number of rotatable bonds is 4. The van der Waals surface area contributed by atoms with Gasteiger partial charge < -0.3 is 20.7 Å². The van der Waals surface area contributed by atoms with Crippen molar-refractivity contribution >= 4 is 22.8 Å². The van der Waals surface area contributed by atoms with E-state index in [0.717, 1.165) is 18.5 Å². The van der Waals surface area contributed by atoms with Crippen LogP contribution in [0.4, 0.5) is 10.2 Å². The molecule has 1 unspecified atom stereocenters. The minimum absolute atomic E-state index is 0.274. The van der Waals surface area contributed by atoms with Crippen molar-refractivity contribution in [2.45, 2.75) is 44.9 Å². The van der Waals surface area contributed by atoms with E-state index < -0.39 is 18.0 Å². The highest BCUT2D eigenvalue weighted by molar-refractivity contribution is 6.01. The monoisotopic (exact) mass is 381 g/mol. The molecule has 0 spiro atoms. The van der Waals surface area contributed by atoms with E-state index in [1.54, 1.807) is 19.1 Å². The van der Waals surface area contributed by atoms with Gasteiger partial charge in [-0.15, -0.1) is 0 Å². The zero-order valence-corrected chi connectivity index (χ0v) is 15.5. The molecular formula is C20H20FN5O2. The Morgan fingerprint density at radius 1 is 1.32 bits per heavy atom. The second-order valence-electron chi connectivity index (χ2n) is 7.57. The van der Waals surface area contributed by atoms with Crippen molar-refractivity contribution in [3.8, 4) is 11.3 Å². The second kappa shape index (κ2) is 6.00. The van der Waals surface area contributed by atoms with E-state index in [1.165, 1.54) is 6.07 Å². The first-order chi connectivity index (χ1) is 13.4. The topological polar surface area (TPSA) is 103 Å². The van der Waals surface area contributed by atoms with Crippen molar-refractivity contribution in [3.63, 3.8) is 0 Å². The molecule has 28 heavy (non-hydrogen) atoms. The Kier molecular flexibility index (Phi) is 3.67. The van der Waals surface area contributed by atoms with Crippen LogP contribution < -0.4 is 10.6 Å². The number of aliphatic hydroxyl groups is 1. The number of carbonyl (C=O) groups excluding carboxylic acids is 1. The van der Waals surface area contributed by atoms with E-state index in [2.05, 4.69) is 25.6 Å². The van der Waals surface area contributed by atoms with Crippen LogP contribution in [0.25, 0.3) is 22.3 Å². The number of fused-ring (bicyclic) bond motifs is 2. The van der Waals surface area contributed by atoms with E-state index in [0.29, 0.717) is 39.8 Å². The van der Waals surface area contributed by atoms with Crippen molar-refractivity contribution in [2.24, 2.45) is 0 Å². The Hall–Kier alpha value is -3.00. The molecule has 0 radical (unpaired) electrons. The first-order valence-electron chi connectivity index (χ1n) is 9.38. The van der Waals surface area contributed by atoms with Gasteiger partial charge in [-0.3, -0.25) is 4.79 Å². The van der Waals surface area contributed by atoms with Crippen LogP contribution >= 0.6 is 0 Å². The van der Waals surface area contributed by atoms with E-state index in [4.69, 9.17) is 0 Å². The van der Waals surface area contributed by atoms with Gasteiger partial charge in [0.2, 0.25) is 0 Å². The molecule has 2 atom stereocenters. The maximum atomic E-state index is 14.9. The van der Waals surface area contributed by atoms with Crippen LogP contribution in [0.1, 0.15) is 47.6 Å². The fourth-order valence-corrected chi connectivity index (χ4v) is 3.69. The number of benzene rings is 1. The second-order valence-corrected chi connectivity index (χ2v) is 7.57. The lowest BCUT2D eigenvalue weighted by molar-refractivity contribution is 0.0899. The highest BCUT2D eigenvalue weighted by Crippen LogP contribution is 2.36. The third-order valence-corrected chi connectivity index (χ3v) is 5.32. The molecule has 3 aromatic rings. The number of aromatic nitrogens is 3. The standard InChI is InChI=1S/C20H20FN5O2/c1-8-19(23-10-3-4-10)25-18-13(22-8)6-5-12(21)15(18)14-7-11-17(24-14)16(9(2)27)26-20(11)28/h5-7,9-10,16,24,27H,3-4H2,1-2H3,(H,23,25)(H,26,28)/t9-,16?/m1/s1. The summed E-state index contributed by atoms with van der Waals surface area (Å²) in [5.74, 6) is -0.0837. The van der Waals surface area contributed by atoms with E-state index in [9.17, 15) is 14.3 Å². The van der Waals surface area contributed by atoms with Crippen molar-refractivity contribution < 1.29 is 14.3 Å². The molecule has 3 heterocycles. The number of anilines is 1. The Labute approximate surface area is 160 Å². The lowest BCUT2D eigenvalue weighted by Gasteiger charge is -2.14. The fourth-order valence-electron chi connectivity index (χ4n) is 3.69. The van der Waals surface area contributed by atoms with Gasteiger partial charge in [-0.1, -0.05) is 0 Å². The number of aromatic amines is 1. The lowest BCUT2D eigenvalue weighted by Crippen LogP contribution is -2.28. The molecule has 1 saturated carbocycles. The van der Waals surface area contributed by atoms with Crippen LogP contribution in [0.15, 0.2) is 18.2 Å². The molecule has 4 N–H and O–H groups in total. The number of aryl methyl sites for hydroxylation is 1. The Morgan fingerprint density at radius 2 is 2.11 bits per heavy atom. The number of H-pyrrole nitrogens is 1. The average molecular weight is 381 g/mol. The molecule has 0 bridgehead atoms. The van der Waals surface area contributed by atoms with Gasteiger partial charge in [0.1, 0.15) is 17.2 Å². The zero-order valence-electron chi connectivity index (χ0n) is 15.5. The van der Waals surface area contributed by atoms with Crippen LogP contribution in [0.5, 0.6) is 0 Å². The smallest absolute Gasteiger partial charge is 0.253 e. The minimum atomic E-state index is -0.772. The highest BCUT2D eigenvalue weighted by Gasteiger charge is 2.34. The SMILES string of the molecule is Cc1nc2ccc(F)c(-c3cc4c([nH]3)C([C@@H](C)O)NC4=O)c2nc1NC1CC1. The molecule has 1 fully saturated rings. The van der Waals surface area contributed by atoms with E-state index in [-0.39, 0.29) is 11.5 Å². The summed E-state index contributed by atoms with van der Waals surface area (Å²) in [6.07, 6.45) is 1.41. The minimum Gasteiger partial charge on any atom is -0.391 e. The Bertz CT molecular complexity index is 1120. The summed E-state index contributed by atoms with van der Waals surface area (Å²) in [5, 5.41) is 16.0. The van der Waals surface area contributed by atoms with Crippen LogP contribution in [-0.2, 0) is 0 Å². The molecule has 1 aromatic carbocycles. The number of halogens is 1. The number of amides is 1. The normalized spacial score (nSPS) is 19.6. The third kappa shape index (κ3) is 2.63. The number of carbonyl (C=O) groups is 1. The average Bonchev–Trinajstić information content (AvgIpc) is 3.27. The maximum absolute atomic E-state index is 14.9. The maximum Gasteiger partial charge on any atom is 0.253 e. The lowest BCUT2D eigenvalue weighted by atomic mass is 10.1. The van der Waals surface area contributed by atoms with Gasteiger partial charge in [0.05, 0.1) is 45.9 Å². The van der Waals surface area contributed by atoms with Gasteiger partial charge in [0.15, 0.2) is 0 Å². The molecular weight excluding hydrogens is 361 g/mol. The van der Waals surface area contributed by atoms with Crippen molar-refractivity contribution in [1.29, 1.82) is 0 Å². The number of nitrogens with zero attached hydrogens (tertiary/aromatic N) is 2. The van der Waals surface area contributed by atoms with Crippen LogP contribution in [0, 0.1) is 12.7 Å². The summed E-state index contributed by atoms with van der Waals surface area (Å²) in [7, 11) is 0.